The van der Waals surface area contributed by atoms with Crippen LogP contribution in [0.3, 0.4) is 0 Å². The Bertz CT molecular complexity index is 230. The molecular weight excluding hydrogens is 154 g/mol. The molecule has 0 radical (unpaired) electrons. The summed E-state index contributed by atoms with van der Waals surface area (Å²) in [6, 6.07) is 1.74. The lowest BCUT2D eigenvalue weighted by Crippen LogP contribution is -2.30. The Morgan fingerprint density at radius 1 is 1.58 bits per heavy atom. The van der Waals surface area contributed by atoms with Crippen LogP contribution in [0.1, 0.15) is 10.4 Å². The largest absolute Gasteiger partial charge is 0.367 e. The molecule has 0 aliphatic carbocycles. The second-order valence-electron chi connectivity index (χ2n) is 2.46. The van der Waals surface area contributed by atoms with Gasteiger partial charge >= 0.3 is 0 Å². The molecule has 0 saturated carbocycles. The molecule has 0 aliphatic heterocycles. The lowest BCUT2D eigenvalue weighted by Gasteiger charge is -2.01. The molecule has 1 aromatic rings. The van der Waals surface area contributed by atoms with Gasteiger partial charge in [0.05, 0.1) is 5.56 Å². The monoisotopic (exact) mass is 167 g/mol. The molecule has 12 heavy (non-hydrogen) atoms. The molecule has 0 atom stereocenters. The Labute approximate surface area is 71.4 Å². The SMILES string of the molecule is CNCCNC(=O)c1cc[nH]c1. The lowest BCUT2D eigenvalue weighted by molar-refractivity contribution is 0.0954. The van der Waals surface area contributed by atoms with Crippen molar-refractivity contribution in [3.63, 3.8) is 0 Å². The summed E-state index contributed by atoms with van der Waals surface area (Å²) in [6.45, 7) is 1.44. The number of rotatable bonds is 4. The second kappa shape index (κ2) is 4.56. The molecule has 0 unspecified atom stereocenters. The van der Waals surface area contributed by atoms with Crippen LogP contribution < -0.4 is 10.6 Å². The zero-order chi connectivity index (χ0) is 8.81. The van der Waals surface area contributed by atoms with Gasteiger partial charge in [-0.05, 0) is 13.1 Å². The molecule has 0 bridgehead atoms. The van der Waals surface area contributed by atoms with Crippen molar-refractivity contribution in [2.24, 2.45) is 0 Å². The number of carbonyl (C=O) groups excluding carboxylic acids is 1. The van der Waals surface area contributed by atoms with Crippen LogP contribution in [0.25, 0.3) is 0 Å². The molecule has 66 valence electrons. The quantitative estimate of drug-likeness (QED) is 0.551. The Hall–Kier alpha value is -1.29. The first-order chi connectivity index (χ1) is 5.84. The number of aromatic nitrogens is 1. The first-order valence-electron chi connectivity index (χ1n) is 3.90. The van der Waals surface area contributed by atoms with Crippen molar-refractivity contribution < 1.29 is 4.79 Å². The number of amides is 1. The van der Waals surface area contributed by atoms with E-state index < -0.39 is 0 Å². The smallest absolute Gasteiger partial charge is 0.252 e. The van der Waals surface area contributed by atoms with Gasteiger partial charge in [-0.3, -0.25) is 4.79 Å². The maximum atomic E-state index is 11.2. The predicted octanol–water partition coefficient (Wildman–Crippen LogP) is -0.0361. The zero-order valence-electron chi connectivity index (χ0n) is 7.05. The number of H-pyrrole nitrogens is 1. The number of likely N-dealkylation sites (N-methyl/N-ethyl adjacent to an activating group) is 1. The molecule has 4 nitrogen and oxygen atoms in total. The van der Waals surface area contributed by atoms with Crippen LogP contribution >= 0.6 is 0 Å². The third kappa shape index (κ3) is 2.39. The third-order valence-electron chi connectivity index (χ3n) is 1.52. The summed E-state index contributed by atoms with van der Waals surface area (Å²) in [5.41, 5.74) is 0.672. The van der Waals surface area contributed by atoms with E-state index >= 15 is 0 Å². The molecule has 1 rings (SSSR count). The van der Waals surface area contributed by atoms with Gasteiger partial charge in [0.25, 0.3) is 5.91 Å². The van der Waals surface area contributed by atoms with E-state index in [1.807, 2.05) is 7.05 Å². The minimum atomic E-state index is -0.0356. The van der Waals surface area contributed by atoms with Gasteiger partial charge in [0.1, 0.15) is 0 Å². The van der Waals surface area contributed by atoms with Crippen LogP contribution in [0.2, 0.25) is 0 Å². The van der Waals surface area contributed by atoms with Gasteiger partial charge < -0.3 is 15.6 Å². The van der Waals surface area contributed by atoms with Crippen LogP contribution in [0, 0.1) is 0 Å². The minimum Gasteiger partial charge on any atom is -0.367 e. The lowest BCUT2D eigenvalue weighted by atomic mass is 10.3. The highest BCUT2D eigenvalue weighted by Gasteiger charge is 2.02. The Morgan fingerprint density at radius 3 is 3.00 bits per heavy atom. The average Bonchev–Trinajstić information content (AvgIpc) is 2.56. The number of nitrogens with one attached hydrogen (secondary N) is 3. The van der Waals surface area contributed by atoms with Crippen molar-refractivity contribution in [3.8, 4) is 0 Å². The fraction of sp³-hybridized carbons (Fsp3) is 0.375. The van der Waals surface area contributed by atoms with Crippen LogP contribution in [-0.2, 0) is 0 Å². The predicted molar refractivity (Wildman–Crippen MR) is 47.1 cm³/mol. The third-order valence-corrected chi connectivity index (χ3v) is 1.52. The molecule has 4 heteroatoms. The number of carbonyl (C=O) groups is 1. The van der Waals surface area contributed by atoms with Crippen molar-refractivity contribution in [1.82, 2.24) is 15.6 Å². The molecule has 0 aliphatic rings. The van der Waals surface area contributed by atoms with Crippen LogP contribution in [0.4, 0.5) is 0 Å². The highest BCUT2D eigenvalue weighted by molar-refractivity contribution is 5.93. The van der Waals surface area contributed by atoms with Crippen LogP contribution in [0.5, 0.6) is 0 Å². The maximum Gasteiger partial charge on any atom is 0.252 e. The maximum absolute atomic E-state index is 11.2. The van der Waals surface area contributed by atoms with Crippen molar-refractivity contribution in [3.05, 3.63) is 24.0 Å². The topological polar surface area (TPSA) is 56.9 Å². The van der Waals surface area contributed by atoms with Crippen molar-refractivity contribution in [1.29, 1.82) is 0 Å². The molecular formula is C8H13N3O. The van der Waals surface area contributed by atoms with Gasteiger partial charge in [-0.2, -0.15) is 0 Å². The molecule has 3 N–H and O–H groups in total. The van der Waals surface area contributed by atoms with Gasteiger partial charge in [-0.1, -0.05) is 0 Å². The zero-order valence-corrected chi connectivity index (χ0v) is 7.05. The van der Waals surface area contributed by atoms with Gasteiger partial charge in [0.2, 0.25) is 0 Å². The molecule has 1 heterocycles. The average molecular weight is 167 g/mol. The van der Waals surface area contributed by atoms with Gasteiger partial charge in [-0.15, -0.1) is 0 Å². The normalized spacial score (nSPS) is 9.75. The Balaban J connectivity index is 2.30. The van der Waals surface area contributed by atoms with Gasteiger partial charge in [0, 0.05) is 25.5 Å². The van der Waals surface area contributed by atoms with Crippen molar-refractivity contribution in [2.75, 3.05) is 20.1 Å². The van der Waals surface area contributed by atoms with E-state index in [9.17, 15) is 4.79 Å². The van der Waals surface area contributed by atoms with E-state index in [2.05, 4.69) is 15.6 Å². The first kappa shape index (κ1) is 8.80. The summed E-state index contributed by atoms with van der Waals surface area (Å²) < 4.78 is 0. The highest BCUT2D eigenvalue weighted by Crippen LogP contribution is 1.94. The van der Waals surface area contributed by atoms with E-state index in [0.29, 0.717) is 12.1 Å². The van der Waals surface area contributed by atoms with E-state index in [4.69, 9.17) is 0 Å². The second-order valence-corrected chi connectivity index (χ2v) is 2.46. The number of hydrogen-bond donors (Lipinski definition) is 3. The Kier molecular flexibility index (Phi) is 3.35. The fourth-order valence-electron chi connectivity index (χ4n) is 0.868. The van der Waals surface area contributed by atoms with Crippen LogP contribution in [-0.4, -0.2) is 31.0 Å². The van der Waals surface area contributed by atoms with E-state index in [0.717, 1.165) is 6.54 Å². The number of hydrogen-bond acceptors (Lipinski definition) is 2. The summed E-state index contributed by atoms with van der Waals surface area (Å²) in [7, 11) is 1.85. The molecule has 1 aromatic heterocycles. The summed E-state index contributed by atoms with van der Waals surface area (Å²) in [5, 5.41) is 5.71. The van der Waals surface area contributed by atoms with Gasteiger partial charge in [-0.25, -0.2) is 0 Å². The highest BCUT2D eigenvalue weighted by atomic mass is 16.1. The summed E-state index contributed by atoms with van der Waals surface area (Å²) in [6.07, 6.45) is 3.40. The van der Waals surface area contributed by atoms with E-state index in [1.165, 1.54) is 0 Å². The molecule has 0 spiro atoms. The van der Waals surface area contributed by atoms with Gasteiger partial charge in [0.15, 0.2) is 0 Å². The Morgan fingerprint density at radius 2 is 2.42 bits per heavy atom. The van der Waals surface area contributed by atoms with Crippen LogP contribution in [0.15, 0.2) is 18.5 Å². The van der Waals surface area contributed by atoms with E-state index in [1.54, 1.807) is 18.5 Å². The van der Waals surface area contributed by atoms with Crippen molar-refractivity contribution >= 4 is 5.91 Å². The molecule has 1 amide bonds. The molecule has 0 saturated heterocycles. The first-order valence-corrected chi connectivity index (χ1v) is 3.90. The van der Waals surface area contributed by atoms with Crippen molar-refractivity contribution in [2.45, 2.75) is 0 Å². The standard InChI is InChI=1S/C8H13N3O/c1-9-4-5-11-8(12)7-2-3-10-6-7/h2-3,6,9-10H,4-5H2,1H3,(H,11,12). The minimum absolute atomic E-state index is 0.0356. The molecule has 0 aromatic carbocycles. The van der Waals surface area contributed by atoms with E-state index in [-0.39, 0.29) is 5.91 Å². The fourth-order valence-corrected chi connectivity index (χ4v) is 0.868. The number of aromatic amines is 1. The summed E-state index contributed by atoms with van der Waals surface area (Å²) in [5.74, 6) is -0.0356. The molecule has 0 fully saturated rings. The summed E-state index contributed by atoms with van der Waals surface area (Å²) in [4.78, 5) is 14.0. The summed E-state index contributed by atoms with van der Waals surface area (Å²) >= 11 is 0.